The molecule has 1 saturated carbocycles. The monoisotopic (exact) mass is 412 g/mol. The highest BCUT2D eigenvalue weighted by molar-refractivity contribution is 5.96. The number of aliphatic hydroxyl groups excluding tert-OH is 1. The number of benzene rings is 1. The largest absolute Gasteiger partial charge is 0.417 e. The maximum Gasteiger partial charge on any atom is 0.417 e. The van der Waals surface area contributed by atoms with Crippen LogP contribution in [0, 0.1) is 11.8 Å². The zero-order chi connectivity index (χ0) is 20.6. The van der Waals surface area contributed by atoms with Crippen molar-refractivity contribution >= 4 is 5.91 Å². The molecule has 4 rings (SSSR count). The van der Waals surface area contributed by atoms with Crippen LogP contribution in [0.5, 0.6) is 0 Å². The minimum Gasteiger partial charge on any atom is -0.391 e. The summed E-state index contributed by atoms with van der Waals surface area (Å²) in [5, 5.41) is 13.2. The van der Waals surface area contributed by atoms with E-state index in [0.717, 1.165) is 45.2 Å². The van der Waals surface area contributed by atoms with Gasteiger partial charge in [-0.3, -0.25) is 9.69 Å². The van der Waals surface area contributed by atoms with Gasteiger partial charge in [-0.05, 0) is 49.7 Å². The Morgan fingerprint density at radius 1 is 1.10 bits per heavy atom. The van der Waals surface area contributed by atoms with E-state index in [1.165, 1.54) is 18.2 Å². The third kappa shape index (κ3) is 4.44. The lowest BCUT2D eigenvalue weighted by Gasteiger charge is -2.35. The molecule has 1 aliphatic carbocycles. The van der Waals surface area contributed by atoms with E-state index < -0.39 is 35.4 Å². The average molecular weight is 412 g/mol. The van der Waals surface area contributed by atoms with Gasteiger partial charge in [-0.1, -0.05) is 12.1 Å². The molecule has 3 fully saturated rings. The fraction of sp³-hybridized carbons (Fsp3) is 0.667. The van der Waals surface area contributed by atoms with Gasteiger partial charge in [0.25, 0.3) is 5.91 Å². The summed E-state index contributed by atoms with van der Waals surface area (Å²) in [5.41, 5.74) is -1.35. The quantitative estimate of drug-likeness (QED) is 0.802. The molecule has 0 radical (unpaired) electrons. The van der Waals surface area contributed by atoms with E-state index in [0.29, 0.717) is 30.7 Å². The van der Waals surface area contributed by atoms with Gasteiger partial charge in [0.05, 0.1) is 23.3 Å². The van der Waals surface area contributed by atoms with Gasteiger partial charge in [0.1, 0.15) is 0 Å². The molecule has 2 N–H and O–H groups in total. The molecule has 2 saturated heterocycles. The Bertz CT molecular complexity index is 736. The Kier molecular flexibility index (Phi) is 5.86. The van der Waals surface area contributed by atoms with E-state index in [2.05, 4.69) is 10.2 Å². The third-order valence-electron chi connectivity index (χ3n) is 6.67. The molecule has 5 nitrogen and oxygen atoms in total. The van der Waals surface area contributed by atoms with Crippen molar-refractivity contribution in [3.05, 3.63) is 35.4 Å². The van der Waals surface area contributed by atoms with E-state index in [1.807, 2.05) is 0 Å². The number of amides is 1. The lowest BCUT2D eigenvalue weighted by Crippen LogP contribution is -2.49. The average Bonchev–Trinajstić information content (AvgIpc) is 3.11. The summed E-state index contributed by atoms with van der Waals surface area (Å²) in [7, 11) is 0. The molecule has 1 aromatic rings. The van der Waals surface area contributed by atoms with Crippen molar-refractivity contribution in [3.63, 3.8) is 0 Å². The van der Waals surface area contributed by atoms with Crippen molar-refractivity contribution in [2.24, 2.45) is 11.8 Å². The van der Waals surface area contributed by atoms with Gasteiger partial charge < -0.3 is 15.2 Å². The summed E-state index contributed by atoms with van der Waals surface area (Å²) < 4.78 is 45.1. The predicted molar refractivity (Wildman–Crippen MR) is 100 cm³/mol. The fourth-order valence-corrected chi connectivity index (χ4v) is 5.14. The topological polar surface area (TPSA) is 61.8 Å². The maximum absolute atomic E-state index is 13.2. The van der Waals surface area contributed by atoms with E-state index in [-0.39, 0.29) is 0 Å². The zero-order valence-electron chi connectivity index (χ0n) is 16.2. The van der Waals surface area contributed by atoms with Gasteiger partial charge in [-0.25, -0.2) is 0 Å². The molecule has 29 heavy (non-hydrogen) atoms. The highest BCUT2D eigenvalue weighted by Crippen LogP contribution is 2.39. The minimum absolute atomic E-state index is 0.337. The highest BCUT2D eigenvalue weighted by atomic mass is 19.4. The first-order valence-corrected chi connectivity index (χ1v) is 10.3. The molecule has 0 bridgehead atoms. The van der Waals surface area contributed by atoms with Gasteiger partial charge in [0.15, 0.2) is 0 Å². The Balaban J connectivity index is 1.41. The molecular weight excluding hydrogens is 385 g/mol. The van der Waals surface area contributed by atoms with E-state index in [9.17, 15) is 23.1 Å². The lowest BCUT2D eigenvalue weighted by atomic mass is 9.77. The van der Waals surface area contributed by atoms with Crippen LogP contribution in [-0.4, -0.2) is 60.4 Å². The number of hydrogen-bond donors (Lipinski definition) is 2. The van der Waals surface area contributed by atoms with Gasteiger partial charge in [-0.2, -0.15) is 13.2 Å². The summed E-state index contributed by atoms with van der Waals surface area (Å²) in [4.78, 5) is 15.0. The van der Waals surface area contributed by atoms with E-state index in [1.54, 1.807) is 0 Å². The summed E-state index contributed by atoms with van der Waals surface area (Å²) in [5.74, 6) is -0.0763. The summed E-state index contributed by atoms with van der Waals surface area (Å²) >= 11 is 0. The first-order chi connectivity index (χ1) is 13.8. The van der Waals surface area contributed by atoms with Crippen molar-refractivity contribution in [1.82, 2.24) is 10.2 Å². The number of halogens is 3. The van der Waals surface area contributed by atoms with E-state index >= 15 is 0 Å². The number of carbonyl (C=O) groups excluding carboxylic acids is 1. The normalized spacial score (nSPS) is 31.4. The number of likely N-dealkylation sites (tertiary alicyclic amines) is 1. The van der Waals surface area contributed by atoms with E-state index in [4.69, 9.17) is 4.74 Å². The number of aliphatic hydroxyl groups is 1. The molecule has 8 heteroatoms. The van der Waals surface area contributed by atoms with Crippen LogP contribution in [-0.2, 0) is 10.9 Å². The number of alkyl halides is 3. The fourth-order valence-electron chi connectivity index (χ4n) is 5.14. The van der Waals surface area contributed by atoms with Crippen LogP contribution >= 0.6 is 0 Å². The van der Waals surface area contributed by atoms with Crippen LogP contribution in [0.3, 0.4) is 0 Å². The smallest absolute Gasteiger partial charge is 0.391 e. The Hall–Kier alpha value is -1.64. The molecule has 4 atom stereocenters. The van der Waals surface area contributed by atoms with Crippen LogP contribution in [0.2, 0.25) is 0 Å². The molecule has 0 aromatic heterocycles. The van der Waals surface area contributed by atoms with Crippen molar-refractivity contribution < 1.29 is 27.8 Å². The van der Waals surface area contributed by atoms with Gasteiger partial charge in [-0.15, -0.1) is 0 Å². The standard InChI is InChI=1S/C21H27F3N2O3/c22-21(23,24)17-4-2-1-3-16(17)20(28)25-18-9-13-11-26(12-14(13)10-19(18)27)15-5-7-29-8-6-15/h1-4,13-15,18-19,27H,5-12H2,(H,25,28)/t13-,14+,18-,19-/m0/s1. The molecule has 2 heterocycles. The SMILES string of the molecule is O=C(N[C@H]1C[C@H]2CN(C3CCOCC3)C[C@H]2C[C@@H]1O)c1ccccc1C(F)(F)F. The van der Waals surface area contributed by atoms with Crippen molar-refractivity contribution in [2.45, 2.75) is 50.0 Å². The number of nitrogens with zero attached hydrogens (tertiary/aromatic N) is 1. The third-order valence-corrected chi connectivity index (χ3v) is 6.67. The van der Waals surface area contributed by atoms with Crippen molar-refractivity contribution in [3.8, 4) is 0 Å². The second kappa shape index (κ2) is 8.24. The molecule has 0 unspecified atom stereocenters. The van der Waals surface area contributed by atoms with Gasteiger partial charge >= 0.3 is 6.18 Å². The Morgan fingerprint density at radius 2 is 1.76 bits per heavy atom. The molecular formula is C21H27F3N2O3. The number of hydrogen-bond acceptors (Lipinski definition) is 4. The molecule has 1 amide bonds. The second-order valence-electron chi connectivity index (χ2n) is 8.48. The Labute approximate surface area is 168 Å². The summed E-state index contributed by atoms with van der Waals surface area (Å²) in [6.45, 7) is 3.39. The molecule has 3 aliphatic rings. The van der Waals surface area contributed by atoms with Crippen LogP contribution in [0.1, 0.15) is 41.6 Å². The summed E-state index contributed by atoms with van der Waals surface area (Å²) in [6.07, 6.45) is -2.16. The molecule has 2 aliphatic heterocycles. The maximum atomic E-state index is 13.2. The summed E-state index contributed by atoms with van der Waals surface area (Å²) in [6, 6.07) is 4.74. The highest BCUT2D eigenvalue weighted by Gasteiger charge is 2.44. The number of fused-ring (bicyclic) bond motifs is 1. The minimum atomic E-state index is -4.60. The van der Waals surface area contributed by atoms with Crippen molar-refractivity contribution in [2.75, 3.05) is 26.3 Å². The molecule has 0 spiro atoms. The lowest BCUT2D eigenvalue weighted by molar-refractivity contribution is -0.137. The van der Waals surface area contributed by atoms with Crippen LogP contribution < -0.4 is 5.32 Å². The second-order valence-corrected chi connectivity index (χ2v) is 8.48. The van der Waals surface area contributed by atoms with Crippen LogP contribution in [0.4, 0.5) is 13.2 Å². The van der Waals surface area contributed by atoms with Crippen molar-refractivity contribution in [1.29, 1.82) is 0 Å². The number of carbonyl (C=O) groups is 1. The first kappa shape index (κ1) is 20.6. The number of rotatable bonds is 3. The van der Waals surface area contributed by atoms with Crippen LogP contribution in [0.15, 0.2) is 24.3 Å². The number of nitrogens with one attached hydrogen (secondary N) is 1. The Morgan fingerprint density at radius 3 is 2.45 bits per heavy atom. The molecule has 160 valence electrons. The van der Waals surface area contributed by atoms with Gasteiger partial charge in [0, 0.05) is 32.3 Å². The number of ether oxygens (including phenoxy) is 1. The zero-order valence-corrected chi connectivity index (χ0v) is 16.2. The molecule has 1 aromatic carbocycles. The first-order valence-electron chi connectivity index (χ1n) is 10.3. The van der Waals surface area contributed by atoms with Crippen LogP contribution in [0.25, 0.3) is 0 Å². The predicted octanol–water partition coefficient (Wildman–Crippen LogP) is 2.69. The van der Waals surface area contributed by atoms with Gasteiger partial charge in [0.2, 0.25) is 0 Å².